The molecule has 0 fully saturated rings. The second-order valence-electron chi connectivity index (χ2n) is 4.90. The zero-order chi connectivity index (χ0) is 15.6. The van der Waals surface area contributed by atoms with Gasteiger partial charge in [-0.05, 0) is 50.1 Å². The number of hydrogen-bond donors (Lipinski definition) is 0. The number of benzene rings is 2. The van der Waals surface area contributed by atoms with E-state index in [1.165, 1.54) is 12.1 Å². The average Bonchev–Trinajstić information content (AvgIpc) is 2.44. The third-order valence-electron chi connectivity index (χ3n) is 3.44. The molecule has 0 heterocycles. The first kappa shape index (κ1) is 15.1. The molecule has 0 aliphatic heterocycles. The minimum absolute atomic E-state index is 0.107. The summed E-state index contributed by atoms with van der Waals surface area (Å²) in [5, 5.41) is 9.34. The number of anilines is 1. The predicted molar refractivity (Wildman–Crippen MR) is 82.4 cm³/mol. The molecule has 0 aliphatic carbocycles. The molecule has 0 saturated heterocycles. The lowest BCUT2D eigenvalue weighted by Crippen LogP contribution is -2.26. The van der Waals surface area contributed by atoms with Gasteiger partial charge in [-0.25, -0.2) is 0 Å². The van der Waals surface area contributed by atoms with Crippen molar-refractivity contribution in [2.45, 2.75) is 25.7 Å². The summed E-state index contributed by atoms with van der Waals surface area (Å²) in [5.74, 6) is 0. The van der Waals surface area contributed by atoms with Gasteiger partial charge in [-0.1, -0.05) is 29.8 Å². The molecule has 21 heavy (non-hydrogen) atoms. The summed E-state index contributed by atoms with van der Waals surface area (Å²) in [6.07, 6.45) is 1.79. The maximum absolute atomic E-state index is 12.6. The van der Waals surface area contributed by atoms with Crippen molar-refractivity contribution in [2.75, 3.05) is 4.31 Å². The third-order valence-corrected chi connectivity index (χ3v) is 5.07. The Hall–Kier alpha value is -2.32. The molecule has 4 nitrogen and oxygen atoms in total. The molecule has 0 saturated carbocycles. The summed E-state index contributed by atoms with van der Waals surface area (Å²) in [5.41, 5.74) is 3.06. The summed E-state index contributed by atoms with van der Waals surface area (Å²) in [6, 6.07) is 11.7. The van der Waals surface area contributed by atoms with Crippen molar-refractivity contribution < 1.29 is 8.42 Å². The van der Waals surface area contributed by atoms with Crippen LogP contribution in [0, 0.1) is 32.2 Å². The van der Waals surface area contributed by atoms with Gasteiger partial charge in [0.05, 0.1) is 10.6 Å². The van der Waals surface area contributed by atoms with Crippen LogP contribution in [-0.2, 0) is 10.0 Å². The summed E-state index contributed by atoms with van der Waals surface area (Å²) in [6.45, 7) is 5.57. The van der Waals surface area contributed by atoms with E-state index in [1.807, 2.05) is 19.9 Å². The monoisotopic (exact) mass is 300 g/mol. The van der Waals surface area contributed by atoms with Gasteiger partial charge in [-0.2, -0.15) is 18.0 Å². The first-order valence-corrected chi connectivity index (χ1v) is 7.90. The van der Waals surface area contributed by atoms with Crippen LogP contribution in [0.1, 0.15) is 16.7 Å². The van der Waals surface area contributed by atoms with Crippen LogP contribution in [0.25, 0.3) is 0 Å². The fraction of sp³-hybridized carbons (Fsp3) is 0.188. The van der Waals surface area contributed by atoms with E-state index in [4.69, 9.17) is 0 Å². The molecule has 5 heteroatoms. The van der Waals surface area contributed by atoms with Crippen molar-refractivity contribution in [3.05, 3.63) is 59.2 Å². The molecule has 0 amide bonds. The Kier molecular flexibility index (Phi) is 4.01. The highest BCUT2D eigenvalue weighted by Gasteiger charge is 2.26. The Morgan fingerprint density at radius 3 is 2.19 bits per heavy atom. The predicted octanol–water partition coefficient (Wildman–Crippen LogP) is 3.29. The van der Waals surface area contributed by atoms with Crippen molar-refractivity contribution in [1.82, 2.24) is 0 Å². The average molecular weight is 300 g/mol. The third kappa shape index (κ3) is 2.76. The summed E-state index contributed by atoms with van der Waals surface area (Å²) in [4.78, 5) is 0.107. The number of nitriles is 1. The van der Waals surface area contributed by atoms with Crippen LogP contribution in [0.4, 0.5) is 5.69 Å². The Labute approximate surface area is 125 Å². The molecule has 0 bridgehead atoms. The second-order valence-corrected chi connectivity index (χ2v) is 6.69. The van der Waals surface area contributed by atoms with Crippen LogP contribution in [0.2, 0.25) is 0 Å². The maximum Gasteiger partial charge on any atom is 0.276 e. The van der Waals surface area contributed by atoms with Gasteiger partial charge in [0.15, 0.2) is 6.19 Å². The van der Waals surface area contributed by atoms with Gasteiger partial charge in [0.25, 0.3) is 10.0 Å². The van der Waals surface area contributed by atoms with Gasteiger partial charge in [0.1, 0.15) is 0 Å². The summed E-state index contributed by atoms with van der Waals surface area (Å²) in [7, 11) is -3.89. The van der Waals surface area contributed by atoms with Gasteiger partial charge < -0.3 is 0 Å². The Balaban J connectivity index is 2.58. The molecular formula is C16H16N2O2S. The number of sulfonamides is 1. The highest BCUT2D eigenvalue weighted by Crippen LogP contribution is 2.27. The van der Waals surface area contributed by atoms with Gasteiger partial charge in [-0.15, -0.1) is 0 Å². The second kappa shape index (κ2) is 5.58. The largest absolute Gasteiger partial charge is 0.276 e. The summed E-state index contributed by atoms with van der Waals surface area (Å²) >= 11 is 0. The molecule has 2 aromatic rings. The van der Waals surface area contributed by atoms with Crippen molar-refractivity contribution in [3.63, 3.8) is 0 Å². The van der Waals surface area contributed by atoms with Gasteiger partial charge in [0, 0.05) is 0 Å². The highest BCUT2D eigenvalue weighted by atomic mass is 32.2. The molecule has 108 valence electrons. The van der Waals surface area contributed by atoms with Gasteiger partial charge >= 0.3 is 0 Å². The number of hydrogen-bond acceptors (Lipinski definition) is 3. The Morgan fingerprint density at radius 1 is 1.00 bits per heavy atom. The van der Waals surface area contributed by atoms with E-state index in [1.54, 1.807) is 37.4 Å². The van der Waals surface area contributed by atoms with Crippen LogP contribution in [0.15, 0.2) is 47.4 Å². The first-order valence-electron chi connectivity index (χ1n) is 6.46. The lowest BCUT2D eigenvalue weighted by Gasteiger charge is -2.19. The van der Waals surface area contributed by atoms with E-state index in [-0.39, 0.29) is 4.90 Å². The van der Waals surface area contributed by atoms with E-state index in [0.717, 1.165) is 21.0 Å². The quantitative estimate of drug-likeness (QED) is 0.645. The smallest absolute Gasteiger partial charge is 0.200 e. The minimum Gasteiger partial charge on any atom is -0.200 e. The van der Waals surface area contributed by atoms with E-state index in [0.29, 0.717) is 5.69 Å². The molecule has 0 aliphatic rings. The number of rotatable bonds is 3. The highest BCUT2D eigenvalue weighted by molar-refractivity contribution is 7.93. The topological polar surface area (TPSA) is 61.2 Å². The molecule has 2 rings (SSSR count). The fourth-order valence-electron chi connectivity index (χ4n) is 2.01. The van der Waals surface area contributed by atoms with Crippen molar-refractivity contribution in [2.24, 2.45) is 0 Å². The zero-order valence-corrected chi connectivity index (χ0v) is 13.0. The lowest BCUT2D eigenvalue weighted by atomic mass is 10.1. The van der Waals surface area contributed by atoms with E-state index < -0.39 is 10.0 Å². The van der Waals surface area contributed by atoms with Crippen molar-refractivity contribution in [1.29, 1.82) is 5.26 Å². The Morgan fingerprint density at radius 2 is 1.62 bits per heavy atom. The van der Waals surface area contributed by atoms with Crippen molar-refractivity contribution >= 4 is 15.7 Å². The molecular weight excluding hydrogens is 284 g/mol. The standard InChI is InChI=1S/C16H16N2O2S/c1-12-7-9-15(10-8-12)21(19,20)18(11-17)16-6-4-5-13(2)14(16)3/h4-10H,1-3H3. The maximum atomic E-state index is 12.6. The van der Waals surface area contributed by atoms with Gasteiger partial charge in [0.2, 0.25) is 0 Å². The molecule has 0 spiro atoms. The van der Waals surface area contributed by atoms with Crippen molar-refractivity contribution in [3.8, 4) is 6.19 Å². The van der Waals surface area contributed by atoms with E-state index >= 15 is 0 Å². The van der Waals surface area contributed by atoms with E-state index in [9.17, 15) is 13.7 Å². The van der Waals surface area contributed by atoms with Gasteiger partial charge in [-0.3, -0.25) is 0 Å². The lowest BCUT2D eigenvalue weighted by molar-refractivity contribution is 0.596. The fourth-order valence-corrected chi connectivity index (χ4v) is 3.26. The Bertz CT molecular complexity index is 803. The molecule has 0 aromatic heterocycles. The van der Waals surface area contributed by atoms with Crippen LogP contribution < -0.4 is 4.31 Å². The molecule has 0 unspecified atom stereocenters. The number of aryl methyl sites for hydroxylation is 2. The molecule has 0 atom stereocenters. The van der Waals surface area contributed by atoms with Crippen LogP contribution >= 0.6 is 0 Å². The SMILES string of the molecule is Cc1ccc(S(=O)(=O)N(C#N)c2cccc(C)c2C)cc1. The molecule has 2 aromatic carbocycles. The van der Waals surface area contributed by atoms with E-state index in [2.05, 4.69) is 0 Å². The zero-order valence-electron chi connectivity index (χ0n) is 12.2. The van der Waals surface area contributed by atoms with Crippen LogP contribution in [0.5, 0.6) is 0 Å². The van der Waals surface area contributed by atoms with Crippen LogP contribution in [-0.4, -0.2) is 8.42 Å². The molecule has 0 N–H and O–H groups in total. The number of nitrogens with zero attached hydrogens (tertiary/aromatic N) is 2. The normalized spacial score (nSPS) is 11.0. The first-order chi connectivity index (χ1) is 9.87. The summed E-state index contributed by atoms with van der Waals surface area (Å²) < 4.78 is 26.1. The minimum atomic E-state index is -3.89. The molecule has 0 radical (unpaired) electrons. The van der Waals surface area contributed by atoms with Crippen LogP contribution in [0.3, 0.4) is 0 Å².